The molecule has 4 atom stereocenters. The van der Waals surface area contributed by atoms with E-state index in [0.717, 1.165) is 24.7 Å². The fraction of sp³-hybridized carbons (Fsp3) is 0.833. The van der Waals surface area contributed by atoms with Gasteiger partial charge < -0.3 is 5.32 Å². The molecule has 0 heterocycles. The molecule has 1 amide bonds. The van der Waals surface area contributed by atoms with Crippen molar-refractivity contribution in [1.82, 2.24) is 5.32 Å². The first-order chi connectivity index (χ1) is 9.39. The molecule has 110 valence electrons. The van der Waals surface area contributed by atoms with Crippen LogP contribution >= 0.6 is 0 Å². The quantitative estimate of drug-likeness (QED) is 0.768. The van der Waals surface area contributed by atoms with Gasteiger partial charge in [0.25, 0.3) is 0 Å². The van der Waals surface area contributed by atoms with Gasteiger partial charge in [0.1, 0.15) is 0 Å². The van der Waals surface area contributed by atoms with Gasteiger partial charge in [-0.05, 0) is 70.6 Å². The molecule has 0 aromatic rings. The Bertz CT molecular complexity index is 464. The highest BCUT2D eigenvalue weighted by Gasteiger charge is 2.58. The summed E-state index contributed by atoms with van der Waals surface area (Å²) >= 11 is 0. The van der Waals surface area contributed by atoms with Crippen LogP contribution in [-0.2, 0) is 4.79 Å². The molecule has 3 saturated carbocycles. The first kappa shape index (κ1) is 14.0. The molecule has 0 spiro atoms. The van der Waals surface area contributed by atoms with Crippen LogP contribution in [-0.4, -0.2) is 12.5 Å². The van der Waals surface area contributed by atoms with Crippen molar-refractivity contribution < 1.29 is 4.79 Å². The summed E-state index contributed by atoms with van der Waals surface area (Å²) in [6.07, 6.45) is 7.62. The maximum atomic E-state index is 12.7. The van der Waals surface area contributed by atoms with E-state index in [9.17, 15) is 4.79 Å². The maximum absolute atomic E-state index is 12.7. The number of amides is 1. The fourth-order valence-electron chi connectivity index (χ4n) is 4.92. The Morgan fingerprint density at radius 2 is 1.95 bits per heavy atom. The molecule has 3 aliphatic carbocycles. The van der Waals surface area contributed by atoms with Crippen molar-refractivity contribution in [2.45, 2.75) is 59.3 Å². The molecule has 20 heavy (non-hydrogen) atoms. The van der Waals surface area contributed by atoms with E-state index >= 15 is 0 Å². The van der Waals surface area contributed by atoms with E-state index in [0.29, 0.717) is 18.4 Å². The Hall–Kier alpha value is -0.970. The topological polar surface area (TPSA) is 29.1 Å². The average molecular weight is 273 g/mol. The number of hydrogen-bond donors (Lipinski definition) is 1. The van der Waals surface area contributed by atoms with Gasteiger partial charge in [-0.1, -0.05) is 18.3 Å². The first-order valence-electron chi connectivity index (χ1n) is 8.17. The number of hydrogen-bond acceptors (Lipinski definition) is 1. The molecule has 3 aliphatic rings. The van der Waals surface area contributed by atoms with Crippen LogP contribution in [0.3, 0.4) is 0 Å². The third-order valence-corrected chi connectivity index (χ3v) is 5.55. The van der Waals surface area contributed by atoms with Crippen molar-refractivity contribution in [2.75, 3.05) is 6.54 Å². The van der Waals surface area contributed by atoms with Crippen LogP contribution in [0.4, 0.5) is 0 Å². The number of carbonyl (C=O) groups excluding carboxylic acids is 1. The summed E-state index contributed by atoms with van der Waals surface area (Å²) in [6, 6.07) is 0. The minimum atomic E-state index is -0.0186. The van der Waals surface area contributed by atoms with Crippen LogP contribution in [0.25, 0.3) is 0 Å². The predicted octanol–water partition coefficient (Wildman–Crippen LogP) is 3.37. The van der Waals surface area contributed by atoms with Gasteiger partial charge >= 0.3 is 0 Å². The van der Waals surface area contributed by atoms with Gasteiger partial charge in [0.2, 0.25) is 5.91 Å². The lowest BCUT2D eigenvalue weighted by Crippen LogP contribution is -2.48. The van der Waals surface area contributed by atoms with Gasteiger partial charge in [-0.15, -0.1) is 0 Å². The van der Waals surface area contributed by atoms with Crippen molar-refractivity contribution in [1.29, 1.82) is 0 Å². The third kappa shape index (κ3) is 2.48. The van der Waals surface area contributed by atoms with Gasteiger partial charge in [-0.25, -0.2) is 0 Å². The van der Waals surface area contributed by atoms with Crippen molar-refractivity contribution in [3.05, 3.63) is 0 Å². The molecule has 1 N–H and O–H groups in total. The minimum absolute atomic E-state index is 0.0186. The fourth-order valence-corrected chi connectivity index (χ4v) is 4.92. The van der Waals surface area contributed by atoms with E-state index in [4.69, 9.17) is 0 Å². The zero-order valence-corrected chi connectivity index (χ0v) is 13.1. The summed E-state index contributed by atoms with van der Waals surface area (Å²) in [4.78, 5) is 12.7. The summed E-state index contributed by atoms with van der Waals surface area (Å²) in [5.74, 6) is 8.91. The highest BCUT2D eigenvalue weighted by Crippen LogP contribution is 2.62. The molecule has 3 bridgehead atoms. The summed E-state index contributed by atoms with van der Waals surface area (Å²) in [6.45, 7) is 6.81. The van der Waals surface area contributed by atoms with Crippen molar-refractivity contribution in [3.8, 4) is 11.8 Å². The Kier molecular flexibility index (Phi) is 3.35. The monoisotopic (exact) mass is 273 g/mol. The van der Waals surface area contributed by atoms with Crippen LogP contribution in [0.5, 0.6) is 0 Å². The summed E-state index contributed by atoms with van der Waals surface area (Å²) in [7, 11) is 0. The smallest absolute Gasteiger partial charge is 0.227 e. The van der Waals surface area contributed by atoms with E-state index in [1.54, 1.807) is 0 Å². The summed E-state index contributed by atoms with van der Waals surface area (Å²) in [5, 5.41) is 3.12. The lowest BCUT2D eigenvalue weighted by Gasteiger charge is -2.43. The molecular weight excluding hydrogens is 246 g/mol. The molecular formula is C18H27NO. The molecule has 0 aromatic heterocycles. The van der Waals surface area contributed by atoms with Gasteiger partial charge in [0.05, 0.1) is 12.0 Å². The highest BCUT2D eigenvalue weighted by molar-refractivity contribution is 5.84. The molecule has 2 heteroatoms. The largest absolute Gasteiger partial charge is 0.345 e. The van der Waals surface area contributed by atoms with Crippen LogP contribution < -0.4 is 5.32 Å². The van der Waals surface area contributed by atoms with E-state index in [1.807, 2.05) is 0 Å². The summed E-state index contributed by atoms with van der Waals surface area (Å²) in [5.41, 5.74) is 0.000615. The lowest BCUT2D eigenvalue weighted by atomic mass is 9.61. The van der Waals surface area contributed by atoms with E-state index in [1.165, 1.54) is 25.7 Å². The predicted molar refractivity (Wildman–Crippen MR) is 80.8 cm³/mol. The zero-order valence-electron chi connectivity index (χ0n) is 13.1. The highest BCUT2D eigenvalue weighted by atomic mass is 16.2. The molecule has 2 nitrogen and oxygen atoms in total. The maximum Gasteiger partial charge on any atom is 0.227 e. The molecule has 0 aromatic carbocycles. The Morgan fingerprint density at radius 3 is 2.70 bits per heavy atom. The van der Waals surface area contributed by atoms with E-state index < -0.39 is 0 Å². The Labute approximate surface area is 123 Å². The van der Waals surface area contributed by atoms with Crippen LogP contribution in [0.15, 0.2) is 0 Å². The second-order valence-corrected chi connectivity index (χ2v) is 8.28. The SMILES string of the molecule is CC(C)(C)C#CCNC(=O)C12CC3CCC1CC(C3)C2. The van der Waals surface area contributed by atoms with Crippen molar-refractivity contribution in [3.63, 3.8) is 0 Å². The van der Waals surface area contributed by atoms with E-state index in [2.05, 4.69) is 37.9 Å². The van der Waals surface area contributed by atoms with E-state index in [-0.39, 0.29) is 10.8 Å². The van der Waals surface area contributed by atoms with Gasteiger partial charge in [-0.3, -0.25) is 4.79 Å². The Morgan fingerprint density at radius 1 is 1.20 bits per heavy atom. The second kappa shape index (κ2) is 4.79. The standard InChI is InChI=1S/C18H27NO/c1-17(2,3)7-4-8-19-16(20)18-11-13-5-6-15(18)10-14(9-13)12-18/h13-15H,5-6,8-12H2,1-3H3,(H,19,20). The van der Waals surface area contributed by atoms with Gasteiger partial charge in [-0.2, -0.15) is 0 Å². The van der Waals surface area contributed by atoms with Crippen molar-refractivity contribution >= 4 is 5.91 Å². The minimum Gasteiger partial charge on any atom is -0.345 e. The van der Waals surface area contributed by atoms with Crippen LogP contribution in [0.1, 0.15) is 59.3 Å². The van der Waals surface area contributed by atoms with Crippen molar-refractivity contribution in [2.24, 2.45) is 28.6 Å². The lowest BCUT2D eigenvalue weighted by molar-refractivity contribution is -0.137. The molecule has 0 radical (unpaired) electrons. The number of nitrogens with one attached hydrogen (secondary N) is 1. The number of fused-ring (bicyclic) bond motifs is 2. The molecule has 3 fully saturated rings. The normalized spacial score (nSPS) is 38.2. The number of carbonyl (C=O) groups is 1. The Balaban J connectivity index is 1.64. The van der Waals surface area contributed by atoms with Gasteiger partial charge in [0.15, 0.2) is 0 Å². The summed E-state index contributed by atoms with van der Waals surface area (Å²) < 4.78 is 0. The van der Waals surface area contributed by atoms with Gasteiger partial charge in [0, 0.05) is 5.41 Å². The first-order valence-corrected chi connectivity index (χ1v) is 8.17. The van der Waals surface area contributed by atoms with Crippen LogP contribution in [0.2, 0.25) is 0 Å². The van der Waals surface area contributed by atoms with Crippen LogP contribution in [0, 0.1) is 40.4 Å². The third-order valence-electron chi connectivity index (χ3n) is 5.55. The molecule has 0 aliphatic heterocycles. The molecule has 4 unspecified atom stereocenters. The second-order valence-electron chi connectivity index (χ2n) is 8.28. The number of rotatable bonds is 2. The molecule has 3 rings (SSSR count). The zero-order chi connectivity index (χ0) is 14.4. The average Bonchev–Trinajstić information content (AvgIpc) is 2.51. The molecule has 0 saturated heterocycles.